The van der Waals surface area contributed by atoms with Gasteiger partial charge in [0.05, 0.1) is 12.5 Å². The first-order valence-corrected chi connectivity index (χ1v) is 14.5. The number of hydrogen-bond donors (Lipinski definition) is 1. The molecule has 3 aliphatic heterocycles. The van der Waals surface area contributed by atoms with E-state index >= 15 is 0 Å². The highest BCUT2D eigenvalue weighted by atomic mass is 16.7. The minimum absolute atomic E-state index is 0.0523. The second-order valence-electron chi connectivity index (χ2n) is 10.7. The molecule has 13 heteroatoms. The average Bonchev–Trinajstić information content (AvgIpc) is 3.83. The summed E-state index contributed by atoms with van der Waals surface area (Å²) in [4.78, 5) is 43.9. The van der Waals surface area contributed by atoms with Gasteiger partial charge in [-0.25, -0.2) is 9.97 Å². The van der Waals surface area contributed by atoms with E-state index < -0.39 is 0 Å². The Bertz CT molecular complexity index is 1660. The van der Waals surface area contributed by atoms with Crippen LogP contribution in [-0.4, -0.2) is 82.0 Å². The number of anilines is 1. The zero-order chi connectivity index (χ0) is 29.9. The summed E-state index contributed by atoms with van der Waals surface area (Å²) in [7, 11) is 0. The predicted octanol–water partition coefficient (Wildman–Crippen LogP) is 2.13. The molecule has 5 heterocycles. The number of imidazole rings is 1. The minimum atomic E-state index is -0.359. The van der Waals surface area contributed by atoms with Crippen LogP contribution >= 0.6 is 0 Å². The van der Waals surface area contributed by atoms with Crippen molar-refractivity contribution in [2.45, 2.75) is 25.3 Å². The summed E-state index contributed by atoms with van der Waals surface area (Å²) < 4.78 is 23.5. The van der Waals surface area contributed by atoms with Crippen molar-refractivity contribution in [2.75, 3.05) is 44.7 Å². The van der Waals surface area contributed by atoms with Crippen molar-refractivity contribution >= 4 is 17.6 Å². The van der Waals surface area contributed by atoms with Crippen molar-refractivity contribution in [3.05, 3.63) is 78.5 Å². The van der Waals surface area contributed by atoms with Gasteiger partial charge < -0.3 is 34.1 Å². The quantitative estimate of drug-likeness (QED) is 0.306. The van der Waals surface area contributed by atoms with Gasteiger partial charge in [-0.1, -0.05) is 12.1 Å². The number of nitrogens with zero attached hydrogens (tertiary/aromatic N) is 6. The van der Waals surface area contributed by atoms with Crippen LogP contribution in [0.15, 0.2) is 67.4 Å². The lowest BCUT2D eigenvalue weighted by atomic mass is 10.0. The van der Waals surface area contributed by atoms with Crippen molar-refractivity contribution in [1.82, 2.24) is 29.7 Å². The van der Waals surface area contributed by atoms with Gasteiger partial charge in [0.15, 0.2) is 23.0 Å². The highest BCUT2D eigenvalue weighted by Gasteiger charge is 2.33. The van der Waals surface area contributed by atoms with Gasteiger partial charge in [-0.05, 0) is 47.9 Å². The van der Waals surface area contributed by atoms with Crippen LogP contribution < -0.4 is 29.2 Å². The van der Waals surface area contributed by atoms with Gasteiger partial charge >= 0.3 is 0 Å². The molecule has 0 bridgehead atoms. The van der Waals surface area contributed by atoms with E-state index in [1.165, 1.54) is 0 Å². The van der Waals surface area contributed by atoms with Gasteiger partial charge in [-0.2, -0.15) is 4.98 Å². The first-order valence-electron chi connectivity index (χ1n) is 14.5. The van der Waals surface area contributed by atoms with Gasteiger partial charge in [0.1, 0.15) is 12.1 Å². The van der Waals surface area contributed by atoms with E-state index in [4.69, 9.17) is 23.9 Å². The summed E-state index contributed by atoms with van der Waals surface area (Å²) >= 11 is 0. The summed E-state index contributed by atoms with van der Waals surface area (Å²) in [5.74, 6) is 3.79. The largest absolute Gasteiger partial charge is 0.454 e. The Morgan fingerprint density at radius 2 is 1.64 bits per heavy atom. The van der Waals surface area contributed by atoms with Gasteiger partial charge in [0.2, 0.25) is 31.3 Å². The fourth-order valence-corrected chi connectivity index (χ4v) is 5.64. The van der Waals surface area contributed by atoms with Crippen molar-refractivity contribution in [2.24, 2.45) is 0 Å². The van der Waals surface area contributed by atoms with Gasteiger partial charge in [0.25, 0.3) is 0 Å². The zero-order valence-electron chi connectivity index (χ0n) is 23.9. The van der Waals surface area contributed by atoms with Crippen LogP contribution in [0.25, 0.3) is 5.95 Å². The summed E-state index contributed by atoms with van der Waals surface area (Å²) in [5, 5.41) is 3.03. The van der Waals surface area contributed by atoms with Crippen LogP contribution in [0.2, 0.25) is 0 Å². The van der Waals surface area contributed by atoms with E-state index in [2.05, 4.69) is 20.2 Å². The molecule has 1 N–H and O–H groups in total. The smallest absolute Gasteiger partial charge is 0.236 e. The second-order valence-corrected chi connectivity index (χ2v) is 10.7. The number of hydrogen-bond acceptors (Lipinski definition) is 10. The molecule has 2 amide bonds. The molecule has 44 heavy (non-hydrogen) atoms. The topological polar surface area (TPSA) is 133 Å². The predicted molar refractivity (Wildman–Crippen MR) is 157 cm³/mol. The van der Waals surface area contributed by atoms with E-state index in [-0.39, 0.29) is 44.3 Å². The lowest BCUT2D eigenvalue weighted by Gasteiger charge is -2.42. The van der Waals surface area contributed by atoms with Crippen LogP contribution in [0, 0.1) is 0 Å². The molecule has 1 atom stereocenters. The van der Waals surface area contributed by atoms with Gasteiger partial charge in [0, 0.05) is 51.2 Å². The molecule has 0 saturated carbocycles. The fraction of sp³-hybridized carbons (Fsp3) is 0.323. The van der Waals surface area contributed by atoms with Crippen LogP contribution in [0.1, 0.15) is 17.5 Å². The van der Waals surface area contributed by atoms with Crippen molar-refractivity contribution in [3.63, 3.8) is 0 Å². The normalized spacial score (nSPS) is 16.7. The van der Waals surface area contributed by atoms with Gasteiger partial charge in [-0.3, -0.25) is 14.2 Å². The molecule has 0 aliphatic carbocycles. The maximum absolute atomic E-state index is 13.7. The molecule has 0 spiro atoms. The van der Waals surface area contributed by atoms with E-state index in [9.17, 15) is 9.59 Å². The maximum atomic E-state index is 13.7. The molecule has 7 rings (SSSR count). The van der Waals surface area contributed by atoms with Crippen LogP contribution in [0.5, 0.6) is 23.0 Å². The maximum Gasteiger partial charge on any atom is 0.236 e. The van der Waals surface area contributed by atoms with Crippen molar-refractivity contribution in [3.8, 4) is 28.9 Å². The number of benzene rings is 2. The number of nitrogens with one attached hydrogen (secondary N) is 1. The SMILES string of the molecule is O=C(CC1CN(c2ccnc(-n3ccnc3)n2)CCN1C(=O)Cc1ccc2c(c1)OCO2)NCCc1ccc2c(c1)OCO2. The van der Waals surface area contributed by atoms with E-state index in [1.807, 2.05) is 47.4 Å². The Morgan fingerprint density at radius 3 is 2.41 bits per heavy atom. The number of rotatable bonds is 9. The lowest BCUT2D eigenvalue weighted by molar-refractivity contribution is -0.134. The number of fused-ring (bicyclic) bond motifs is 2. The highest BCUT2D eigenvalue weighted by molar-refractivity contribution is 5.82. The second kappa shape index (κ2) is 12.1. The van der Waals surface area contributed by atoms with Crippen LogP contribution in [0.4, 0.5) is 5.82 Å². The molecule has 4 aromatic rings. The third kappa shape index (κ3) is 5.93. The molecule has 2 aromatic heterocycles. The summed E-state index contributed by atoms with van der Waals surface area (Å²) in [6.45, 7) is 2.31. The molecule has 1 unspecified atom stereocenters. The lowest BCUT2D eigenvalue weighted by Crippen LogP contribution is -2.57. The first kappa shape index (κ1) is 27.5. The molecule has 3 aliphatic rings. The number of carbonyl (C=O) groups is 2. The Kier molecular flexibility index (Phi) is 7.57. The molecular formula is C31H31N7O6. The third-order valence-electron chi connectivity index (χ3n) is 7.88. The third-order valence-corrected chi connectivity index (χ3v) is 7.88. The van der Waals surface area contributed by atoms with E-state index in [1.54, 1.807) is 29.5 Å². The minimum Gasteiger partial charge on any atom is -0.454 e. The van der Waals surface area contributed by atoms with E-state index in [0.29, 0.717) is 55.8 Å². The molecular weight excluding hydrogens is 566 g/mol. The summed E-state index contributed by atoms with van der Waals surface area (Å²) in [5.41, 5.74) is 1.87. The van der Waals surface area contributed by atoms with Crippen LogP contribution in [0.3, 0.4) is 0 Å². The summed E-state index contributed by atoms with van der Waals surface area (Å²) in [6, 6.07) is 12.8. The number of piperazine rings is 1. The average molecular weight is 598 g/mol. The Labute approximate surface area is 253 Å². The molecule has 13 nitrogen and oxygen atoms in total. The van der Waals surface area contributed by atoms with Crippen molar-refractivity contribution in [1.29, 1.82) is 0 Å². The standard InChI is InChI=1S/C31H31N7O6/c39-29(33-7-5-21-1-3-24-26(13-21)43-19-41-24)16-23-17-36(28-6-8-34-31(35-28)37-10-9-32-18-37)11-12-38(23)30(40)15-22-2-4-25-27(14-22)44-20-42-25/h1-4,6,8-10,13-14,18,23H,5,7,11-12,15-17,19-20H2,(H,33,39). The number of ether oxygens (including phenoxy) is 4. The molecule has 2 aromatic carbocycles. The van der Waals surface area contributed by atoms with Gasteiger partial charge in [-0.15, -0.1) is 0 Å². The monoisotopic (exact) mass is 597 g/mol. The highest BCUT2D eigenvalue weighted by Crippen LogP contribution is 2.33. The Balaban J connectivity index is 1.04. The number of amides is 2. The first-order chi connectivity index (χ1) is 21.6. The number of carbonyl (C=O) groups excluding carboxylic acids is 2. The summed E-state index contributed by atoms with van der Waals surface area (Å²) in [6.07, 6.45) is 7.78. The molecule has 1 fully saturated rings. The molecule has 0 radical (unpaired) electrons. The fourth-order valence-electron chi connectivity index (χ4n) is 5.64. The zero-order valence-corrected chi connectivity index (χ0v) is 23.9. The molecule has 226 valence electrons. The van der Waals surface area contributed by atoms with E-state index in [0.717, 1.165) is 22.7 Å². The number of aromatic nitrogens is 4. The molecule has 1 saturated heterocycles. The Morgan fingerprint density at radius 1 is 0.886 bits per heavy atom. The van der Waals surface area contributed by atoms with Crippen molar-refractivity contribution < 1.29 is 28.5 Å². The van der Waals surface area contributed by atoms with Crippen LogP contribution in [-0.2, 0) is 22.4 Å². The Hall–Kier alpha value is -5.33.